The van der Waals surface area contributed by atoms with E-state index in [4.69, 9.17) is 10.00 Å². The van der Waals surface area contributed by atoms with Gasteiger partial charge >= 0.3 is 0 Å². The lowest BCUT2D eigenvalue weighted by Gasteiger charge is -2.38. The molecule has 0 aromatic heterocycles. The third-order valence-corrected chi connectivity index (χ3v) is 6.30. The molecule has 0 aliphatic heterocycles. The van der Waals surface area contributed by atoms with Crippen LogP contribution >= 0.6 is 0 Å². The molecule has 0 bridgehead atoms. The van der Waals surface area contributed by atoms with E-state index >= 15 is 0 Å². The van der Waals surface area contributed by atoms with Gasteiger partial charge in [0.2, 0.25) is 0 Å². The maximum Gasteiger partial charge on any atom is 0.145 e. The van der Waals surface area contributed by atoms with Gasteiger partial charge < -0.3 is 4.74 Å². The van der Waals surface area contributed by atoms with Crippen LogP contribution in [0.25, 0.3) is 0 Å². The summed E-state index contributed by atoms with van der Waals surface area (Å²) < 4.78 is 7.22. The number of ether oxygens (including phenoxy) is 1. The van der Waals surface area contributed by atoms with Gasteiger partial charge in [-0.1, -0.05) is 133 Å². The third-order valence-electron chi connectivity index (χ3n) is 6.30. The van der Waals surface area contributed by atoms with Crippen LogP contribution in [-0.2, 0) is 10.3 Å². The second kappa shape index (κ2) is 11.2. The van der Waals surface area contributed by atoms with Crippen LogP contribution < -0.4 is 0 Å². The normalized spacial score (nSPS) is 11.5. The first-order chi connectivity index (χ1) is 18.3. The highest BCUT2D eigenvalue weighted by molar-refractivity contribution is 5.48. The van der Waals surface area contributed by atoms with E-state index in [1.54, 1.807) is 12.1 Å². The van der Waals surface area contributed by atoms with Gasteiger partial charge in [-0.3, -0.25) is 0 Å². The summed E-state index contributed by atoms with van der Waals surface area (Å²) in [6, 6.07) is 50.5. The van der Waals surface area contributed by atoms with Gasteiger partial charge in [-0.05, 0) is 46.5 Å². The maximum atomic E-state index is 9.14. The fourth-order valence-corrected chi connectivity index (χ4v) is 4.49. The number of nitriles is 1. The Hall–Kier alpha value is -4.89. The van der Waals surface area contributed by atoms with Crippen molar-refractivity contribution in [2.75, 3.05) is 0 Å². The molecule has 1 atom stereocenters. The van der Waals surface area contributed by atoms with Crippen molar-refractivity contribution in [3.8, 4) is 17.9 Å². The number of nitrogens with zero attached hydrogens (tertiary/aromatic N) is 1. The number of hydrogen-bond acceptors (Lipinski definition) is 2. The summed E-state index contributed by atoms with van der Waals surface area (Å²) in [5.74, 6) is 6.69. The SMILES string of the molecule is N#Cc1ccc(C#CC(OC(c2ccccc2)(c2ccccc2)c2ccccc2)c2ccccc2)cc1. The molecule has 0 saturated carbocycles. The molecular formula is C35H25NO. The first kappa shape index (κ1) is 23.8. The maximum absolute atomic E-state index is 9.14. The van der Waals surface area contributed by atoms with E-state index < -0.39 is 11.7 Å². The average Bonchev–Trinajstić information content (AvgIpc) is 2.99. The molecule has 176 valence electrons. The van der Waals surface area contributed by atoms with E-state index in [0.29, 0.717) is 5.56 Å². The van der Waals surface area contributed by atoms with Gasteiger partial charge in [-0.15, -0.1) is 0 Å². The molecular weight excluding hydrogens is 450 g/mol. The zero-order valence-corrected chi connectivity index (χ0v) is 20.3. The van der Waals surface area contributed by atoms with Crippen molar-refractivity contribution in [2.24, 2.45) is 0 Å². The van der Waals surface area contributed by atoms with Gasteiger partial charge in [0.1, 0.15) is 11.7 Å². The van der Waals surface area contributed by atoms with Crippen molar-refractivity contribution in [3.63, 3.8) is 0 Å². The standard InChI is InChI=1S/C35H25NO/c36-27-29-23-21-28(22-24-29)25-26-34(30-13-5-1-6-14-30)37-35(31-15-7-2-8-16-31,32-17-9-3-10-18-32)33-19-11-4-12-20-33/h1-24,34H. The van der Waals surface area contributed by atoms with Crippen LogP contribution in [0.5, 0.6) is 0 Å². The summed E-state index contributed by atoms with van der Waals surface area (Å²) in [4.78, 5) is 0. The van der Waals surface area contributed by atoms with Crippen LogP contribution in [0.2, 0.25) is 0 Å². The molecule has 0 fully saturated rings. The number of rotatable bonds is 6. The molecule has 0 amide bonds. The Balaban J connectivity index is 1.70. The molecule has 37 heavy (non-hydrogen) atoms. The molecule has 0 aliphatic rings. The zero-order valence-electron chi connectivity index (χ0n) is 20.3. The highest BCUT2D eigenvalue weighted by Crippen LogP contribution is 2.43. The van der Waals surface area contributed by atoms with Crippen LogP contribution in [0.15, 0.2) is 146 Å². The van der Waals surface area contributed by atoms with E-state index in [0.717, 1.165) is 27.8 Å². The van der Waals surface area contributed by atoms with Gasteiger partial charge in [-0.2, -0.15) is 5.26 Å². The van der Waals surface area contributed by atoms with E-state index in [1.807, 2.05) is 97.1 Å². The minimum atomic E-state index is -0.899. The quantitative estimate of drug-likeness (QED) is 0.187. The Morgan fingerprint density at radius 2 is 0.919 bits per heavy atom. The van der Waals surface area contributed by atoms with Crippen molar-refractivity contribution >= 4 is 0 Å². The monoisotopic (exact) mass is 475 g/mol. The minimum absolute atomic E-state index is 0.530. The average molecular weight is 476 g/mol. The van der Waals surface area contributed by atoms with Crippen LogP contribution in [0.1, 0.15) is 39.5 Å². The van der Waals surface area contributed by atoms with E-state index in [1.165, 1.54) is 0 Å². The molecule has 5 rings (SSSR count). The van der Waals surface area contributed by atoms with Crippen molar-refractivity contribution < 1.29 is 4.74 Å². The lowest BCUT2D eigenvalue weighted by molar-refractivity contribution is -0.0213. The van der Waals surface area contributed by atoms with Gasteiger partial charge in [-0.25, -0.2) is 0 Å². The van der Waals surface area contributed by atoms with E-state index in [2.05, 4.69) is 54.3 Å². The van der Waals surface area contributed by atoms with Crippen molar-refractivity contribution in [1.82, 2.24) is 0 Å². The molecule has 2 heteroatoms. The molecule has 5 aromatic carbocycles. The Morgan fingerprint density at radius 1 is 0.514 bits per heavy atom. The molecule has 2 nitrogen and oxygen atoms in total. The predicted molar refractivity (Wildman–Crippen MR) is 148 cm³/mol. The van der Waals surface area contributed by atoms with Gasteiger partial charge in [0, 0.05) is 5.56 Å². The highest BCUT2D eigenvalue weighted by Gasteiger charge is 2.39. The van der Waals surface area contributed by atoms with Crippen LogP contribution in [0, 0.1) is 23.2 Å². The molecule has 0 radical (unpaired) electrons. The van der Waals surface area contributed by atoms with Crippen LogP contribution in [0.4, 0.5) is 0 Å². The summed E-state index contributed by atoms with van der Waals surface area (Å²) in [7, 11) is 0. The van der Waals surface area contributed by atoms with E-state index in [9.17, 15) is 0 Å². The molecule has 0 aliphatic carbocycles. The summed E-state index contributed by atoms with van der Waals surface area (Å²) in [6.45, 7) is 0. The van der Waals surface area contributed by atoms with Crippen molar-refractivity contribution in [2.45, 2.75) is 11.7 Å². The summed E-state index contributed by atoms with van der Waals surface area (Å²) >= 11 is 0. The fraction of sp³-hybridized carbons (Fsp3) is 0.0571. The molecule has 1 unspecified atom stereocenters. The second-order valence-electron chi connectivity index (χ2n) is 8.65. The zero-order chi connectivity index (χ0) is 25.3. The van der Waals surface area contributed by atoms with E-state index in [-0.39, 0.29) is 0 Å². The molecule has 0 N–H and O–H groups in total. The Kier molecular flexibility index (Phi) is 7.24. The number of hydrogen-bond donors (Lipinski definition) is 0. The summed E-state index contributed by atoms with van der Waals surface area (Å²) in [5.41, 5.74) is 4.57. The van der Waals surface area contributed by atoms with Gasteiger partial charge in [0.05, 0.1) is 11.6 Å². The number of benzene rings is 5. The van der Waals surface area contributed by atoms with Crippen molar-refractivity contribution in [3.05, 3.63) is 179 Å². The highest BCUT2D eigenvalue weighted by atomic mass is 16.5. The van der Waals surface area contributed by atoms with Crippen LogP contribution in [-0.4, -0.2) is 0 Å². The van der Waals surface area contributed by atoms with Crippen molar-refractivity contribution in [1.29, 1.82) is 5.26 Å². The lowest BCUT2D eigenvalue weighted by atomic mass is 9.79. The molecule has 0 heterocycles. The topological polar surface area (TPSA) is 33.0 Å². The van der Waals surface area contributed by atoms with Gasteiger partial charge in [0.15, 0.2) is 0 Å². The Morgan fingerprint density at radius 3 is 1.35 bits per heavy atom. The Bertz CT molecular complexity index is 1430. The van der Waals surface area contributed by atoms with Gasteiger partial charge in [0.25, 0.3) is 0 Å². The molecule has 0 spiro atoms. The first-order valence-electron chi connectivity index (χ1n) is 12.2. The summed E-state index contributed by atoms with van der Waals surface area (Å²) in [5, 5.41) is 9.14. The largest absolute Gasteiger partial charge is 0.340 e. The fourth-order valence-electron chi connectivity index (χ4n) is 4.49. The second-order valence-corrected chi connectivity index (χ2v) is 8.65. The molecule has 0 saturated heterocycles. The lowest BCUT2D eigenvalue weighted by Crippen LogP contribution is -2.34. The summed E-state index contributed by atoms with van der Waals surface area (Å²) in [6.07, 6.45) is -0.530. The minimum Gasteiger partial charge on any atom is -0.340 e. The predicted octanol–water partition coefficient (Wildman–Crippen LogP) is 7.66. The first-order valence-corrected chi connectivity index (χ1v) is 12.2. The Labute approximate surface area is 218 Å². The smallest absolute Gasteiger partial charge is 0.145 e. The third kappa shape index (κ3) is 5.21. The van der Waals surface area contributed by atoms with Crippen LogP contribution in [0.3, 0.4) is 0 Å². The molecule has 5 aromatic rings.